The third kappa shape index (κ3) is 2.18. The first kappa shape index (κ1) is 12.4. The predicted octanol–water partition coefficient (Wildman–Crippen LogP) is 3.23. The van der Waals surface area contributed by atoms with E-state index in [4.69, 9.17) is 5.73 Å². The lowest BCUT2D eigenvalue weighted by molar-refractivity contribution is 0.647. The molecule has 1 unspecified atom stereocenters. The van der Waals surface area contributed by atoms with Crippen molar-refractivity contribution in [3.05, 3.63) is 51.9 Å². The summed E-state index contributed by atoms with van der Waals surface area (Å²) < 4.78 is 3.17. The first-order valence-corrected chi connectivity index (χ1v) is 7.08. The summed E-state index contributed by atoms with van der Waals surface area (Å²) in [5, 5.41) is 0. The number of aromatic nitrogens is 3. The molecular formula is C14H13IN4. The summed E-state index contributed by atoms with van der Waals surface area (Å²) in [6.07, 6.45) is 1.80. The molecule has 0 radical (unpaired) electrons. The Bertz CT molecular complexity index is 721. The zero-order valence-corrected chi connectivity index (χ0v) is 12.6. The van der Waals surface area contributed by atoms with Crippen LogP contribution in [0.1, 0.15) is 18.7 Å². The van der Waals surface area contributed by atoms with Crippen LogP contribution in [0.25, 0.3) is 11.0 Å². The van der Waals surface area contributed by atoms with E-state index in [-0.39, 0.29) is 6.04 Å². The van der Waals surface area contributed by atoms with Crippen LogP contribution in [0.3, 0.4) is 0 Å². The molecule has 96 valence electrons. The molecule has 4 nitrogen and oxygen atoms in total. The van der Waals surface area contributed by atoms with Crippen molar-refractivity contribution in [3.63, 3.8) is 0 Å². The van der Waals surface area contributed by atoms with Gasteiger partial charge in [-0.2, -0.15) is 0 Å². The molecule has 0 saturated carbocycles. The molecule has 0 aliphatic heterocycles. The van der Waals surface area contributed by atoms with Gasteiger partial charge >= 0.3 is 0 Å². The average Bonchev–Trinajstić information content (AvgIpc) is 2.74. The van der Waals surface area contributed by atoms with Crippen molar-refractivity contribution in [2.24, 2.45) is 0 Å². The number of anilines is 1. The number of hydrogen-bond acceptors (Lipinski definition) is 3. The van der Waals surface area contributed by atoms with Crippen molar-refractivity contribution >= 4 is 39.6 Å². The maximum absolute atomic E-state index is 6.06. The number of halogens is 1. The van der Waals surface area contributed by atoms with Crippen molar-refractivity contribution in [1.29, 1.82) is 0 Å². The molecule has 0 bridgehead atoms. The van der Waals surface area contributed by atoms with Crippen molar-refractivity contribution in [2.45, 2.75) is 13.0 Å². The number of nitrogens with two attached hydrogens (primary N) is 1. The van der Waals surface area contributed by atoms with E-state index in [1.54, 1.807) is 6.20 Å². The van der Waals surface area contributed by atoms with E-state index in [9.17, 15) is 0 Å². The normalized spacial score (nSPS) is 12.7. The number of fused-ring (bicyclic) bond motifs is 1. The van der Waals surface area contributed by atoms with Crippen LogP contribution in [0, 0.1) is 3.57 Å². The number of pyridine rings is 1. The largest absolute Gasteiger partial charge is 0.369 e. The Morgan fingerprint density at radius 2 is 2.11 bits per heavy atom. The van der Waals surface area contributed by atoms with Crippen molar-refractivity contribution in [3.8, 4) is 0 Å². The summed E-state index contributed by atoms with van der Waals surface area (Å²) in [6, 6.07) is 12.1. The minimum Gasteiger partial charge on any atom is -0.369 e. The molecule has 0 aliphatic rings. The summed E-state index contributed by atoms with van der Waals surface area (Å²) in [6.45, 7) is 2.08. The Morgan fingerprint density at radius 1 is 1.26 bits per heavy atom. The van der Waals surface area contributed by atoms with E-state index >= 15 is 0 Å². The lowest BCUT2D eigenvalue weighted by atomic mass is 10.2. The Labute approximate surface area is 124 Å². The lowest BCUT2D eigenvalue weighted by Gasteiger charge is -2.15. The van der Waals surface area contributed by atoms with E-state index in [0.29, 0.717) is 5.95 Å². The summed E-state index contributed by atoms with van der Waals surface area (Å²) in [5.74, 6) is 0.523. The smallest absolute Gasteiger partial charge is 0.201 e. The Balaban J connectivity index is 2.17. The fraction of sp³-hybridized carbons (Fsp3) is 0.143. The zero-order valence-electron chi connectivity index (χ0n) is 10.4. The Hall–Kier alpha value is -1.63. The summed E-state index contributed by atoms with van der Waals surface area (Å²) in [7, 11) is 0. The van der Waals surface area contributed by atoms with Crippen LogP contribution in [-0.2, 0) is 0 Å². The van der Waals surface area contributed by atoms with E-state index < -0.39 is 0 Å². The van der Waals surface area contributed by atoms with Gasteiger partial charge in [0, 0.05) is 9.77 Å². The van der Waals surface area contributed by atoms with Gasteiger partial charge in [-0.05, 0) is 59.8 Å². The fourth-order valence-corrected chi connectivity index (χ4v) is 2.73. The molecule has 3 aromatic rings. The molecule has 3 rings (SSSR count). The van der Waals surface area contributed by atoms with Crippen LogP contribution >= 0.6 is 22.6 Å². The third-order valence-electron chi connectivity index (χ3n) is 3.18. The zero-order chi connectivity index (χ0) is 13.4. The van der Waals surface area contributed by atoms with Gasteiger partial charge in [0.25, 0.3) is 0 Å². The van der Waals surface area contributed by atoms with Crippen molar-refractivity contribution in [2.75, 3.05) is 5.73 Å². The number of nitrogen functional groups attached to an aromatic ring is 1. The molecular weight excluding hydrogens is 351 g/mol. The molecule has 0 fully saturated rings. The SMILES string of the molecule is CC(c1ccccn1)n1c(N)nc2cc(I)ccc21. The predicted molar refractivity (Wildman–Crippen MR) is 84.9 cm³/mol. The van der Waals surface area contributed by atoms with E-state index in [2.05, 4.69) is 51.6 Å². The molecule has 1 aromatic carbocycles. The van der Waals surface area contributed by atoms with Gasteiger partial charge in [0.15, 0.2) is 0 Å². The number of rotatable bonds is 2. The van der Waals surface area contributed by atoms with Gasteiger partial charge in [0.05, 0.1) is 22.8 Å². The third-order valence-corrected chi connectivity index (χ3v) is 3.85. The number of imidazole rings is 1. The second-order valence-electron chi connectivity index (χ2n) is 4.40. The van der Waals surface area contributed by atoms with Gasteiger partial charge in [-0.3, -0.25) is 4.98 Å². The number of benzene rings is 1. The standard InChI is InChI=1S/C14H13IN4/c1-9(11-4-2-3-7-17-11)19-13-6-5-10(15)8-12(13)18-14(19)16/h2-9H,1H3,(H2,16,18). The van der Waals surface area contributed by atoms with Gasteiger partial charge in [0.2, 0.25) is 5.95 Å². The summed E-state index contributed by atoms with van der Waals surface area (Å²) >= 11 is 2.28. The van der Waals surface area contributed by atoms with E-state index in [0.717, 1.165) is 20.3 Å². The molecule has 1 atom stereocenters. The summed E-state index contributed by atoms with van der Waals surface area (Å²) in [5.41, 5.74) is 9.00. The second kappa shape index (κ2) is 4.80. The fourth-order valence-electron chi connectivity index (χ4n) is 2.25. The van der Waals surface area contributed by atoms with Gasteiger partial charge in [0.1, 0.15) is 0 Å². The van der Waals surface area contributed by atoms with E-state index in [1.165, 1.54) is 0 Å². The molecule has 5 heteroatoms. The topological polar surface area (TPSA) is 56.7 Å². The molecule has 2 aromatic heterocycles. The van der Waals surface area contributed by atoms with Crippen LogP contribution in [0.2, 0.25) is 0 Å². The molecule has 0 saturated heterocycles. The highest BCUT2D eigenvalue weighted by atomic mass is 127. The number of nitrogens with zero attached hydrogens (tertiary/aromatic N) is 3. The molecule has 0 spiro atoms. The molecule has 0 aliphatic carbocycles. The molecule has 2 heterocycles. The maximum atomic E-state index is 6.06. The Kier molecular flexibility index (Phi) is 3.14. The van der Waals surface area contributed by atoms with Gasteiger partial charge < -0.3 is 10.3 Å². The van der Waals surface area contributed by atoms with Gasteiger partial charge in [-0.1, -0.05) is 6.07 Å². The van der Waals surface area contributed by atoms with Crippen molar-refractivity contribution < 1.29 is 0 Å². The van der Waals surface area contributed by atoms with Crippen LogP contribution in [-0.4, -0.2) is 14.5 Å². The molecule has 0 amide bonds. The minimum atomic E-state index is 0.0614. The highest BCUT2D eigenvalue weighted by molar-refractivity contribution is 14.1. The lowest BCUT2D eigenvalue weighted by Crippen LogP contribution is -2.11. The first-order valence-electron chi connectivity index (χ1n) is 6.00. The van der Waals surface area contributed by atoms with Gasteiger partial charge in [-0.15, -0.1) is 0 Å². The van der Waals surface area contributed by atoms with Crippen LogP contribution < -0.4 is 5.73 Å². The van der Waals surface area contributed by atoms with E-state index in [1.807, 2.05) is 28.8 Å². The minimum absolute atomic E-state index is 0.0614. The monoisotopic (exact) mass is 364 g/mol. The van der Waals surface area contributed by atoms with Crippen molar-refractivity contribution in [1.82, 2.24) is 14.5 Å². The maximum Gasteiger partial charge on any atom is 0.201 e. The van der Waals surface area contributed by atoms with Crippen LogP contribution in [0.15, 0.2) is 42.6 Å². The average molecular weight is 364 g/mol. The van der Waals surface area contributed by atoms with Crippen LogP contribution in [0.5, 0.6) is 0 Å². The highest BCUT2D eigenvalue weighted by Gasteiger charge is 2.16. The van der Waals surface area contributed by atoms with Crippen LogP contribution in [0.4, 0.5) is 5.95 Å². The molecule has 19 heavy (non-hydrogen) atoms. The molecule has 2 N–H and O–H groups in total. The summed E-state index contributed by atoms with van der Waals surface area (Å²) in [4.78, 5) is 8.82. The second-order valence-corrected chi connectivity index (χ2v) is 5.65. The number of hydrogen-bond donors (Lipinski definition) is 1. The highest BCUT2D eigenvalue weighted by Crippen LogP contribution is 2.27. The quantitative estimate of drug-likeness (QED) is 0.711. The first-order chi connectivity index (χ1) is 9.16. The van der Waals surface area contributed by atoms with Gasteiger partial charge in [-0.25, -0.2) is 4.98 Å². The Morgan fingerprint density at radius 3 is 2.84 bits per heavy atom.